The first-order valence-corrected chi connectivity index (χ1v) is 13.2. The van der Waals surface area contributed by atoms with Crippen LogP contribution in [-0.4, -0.2) is 62.9 Å². The molecular weight excluding hydrogens is 394 g/mol. The van der Waals surface area contributed by atoms with Crippen molar-refractivity contribution in [3.63, 3.8) is 0 Å². The van der Waals surface area contributed by atoms with Crippen molar-refractivity contribution in [2.45, 2.75) is 85.4 Å². The Morgan fingerprint density at radius 2 is 1.56 bits per heavy atom. The number of morpholine rings is 1. The Hall–Kier alpha value is -1.26. The van der Waals surface area contributed by atoms with Crippen molar-refractivity contribution in [3.05, 3.63) is 23.8 Å². The van der Waals surface area contributed by atoms with Gasteiger partial charge in [-0.3, -0.25) is 4.90 Å². The Labute approximate surface area is 197 Å². The Morgan fingerprint density at radius 3 is 2.16 bits per heavy atom. The molecule has 0 aromatic heterocycles. The average Bonchev–Trinajstić information content (AvgIpc) is 2.73. The summed E-state index contributed by atoms with van der Waals surface area (Å²) >= 11 is 0. The van der Waals surface area contributed by atoms with Crippen LogP contribution in [0.1, 0.15) is 78.7 Å². The minimum absolute atomic E-state index is 0.298. The van der Waals surface area contributed by atoms with Gasteiger partial charge in [0, 0.05) is 57.2 Å². The quantitative estimate of drug-likeness (QED) is 0.578. The summed E-state index contributed by atoms with van der Waals surface area (Å²) in [5, 5.41) is 0. The van der Waals surface area contributed by atoms with Crippen LogP contribution >= 0.6 is 0 Å². The minimum Gasteiger partial charge on any atom is -0.372 e. The molecule has 32 heavy (non-hydrogen) atoms. The molecule has 1 aliphatic carbocycles. The zero-order chi connectivity index (χ0) is 22.9. The Bertz CT molecular complexity index is 733. The second-order valence-electron chi connectivity index (χ2n) is 12.0. The molecule has 2 atom stereocenters. The molecule has 3 aliphatic rings. The number of anilines is 2. The Balaban J connectivity index is 1.57. The summed E-state index contributed by atoms with van der Waals surface area (Å²) in [5.74, 6) is 1.45. The monoisotopic (exact) mass is 441 g/mol. The van der Waals surface area contributed by atoms with Gasteiger partial charge in [-0.1, -0.05) is 27.7 Å². The zero-order valence-electron chi connectivity index (χ0n) is 21.6. The summed E-state index contributed by atoms with van der Waals surface area (Å²) in [6.07, 6.45) is 5.93. The zero-order valence-corrected chi connectivity index (χ0v) is 21.6. The normalized spacial score (nSPS) is 27.8. The van der Waals surface area contributed by atoms with Crippen LogP contribution in [0.15, 0.2) is 18.2 Å². The van der Waals surface area contributed by atoms with E-state index in [9.17, 15) is 0 Å². The van der Waals surface area contributed by atoms with Crippen LogP contribution in [0.25, 0.3) is 0 Å². The molecule has 0 N–H and O–H groups in total. The molecule has 180 valence electrons. The van der Waals surface area contributed by atoms with Crippen LogP contribution in [0.5, 0.6) is 0 Å². The second-order valence-corrected chi connectivity index (χ2v) is 12.0. The molecule has 0 amide bonds. The first-order chi connectivity index (χ1) is 15.2. The van der Waals surface area contributed by atoms with Crippen LogP contribution < -0.4 is 9.80 Å². The first-order valence-electron chi connectivity index (χ1n) is 13.2. The lowest BCUT2D eigenvalue weighted by molar-refractivity contribution is -0.00522. The number of hydrogen-bond donors (Lipinski definition) is 0. The number of nitrogens with zero attached hydrogens (tertiary/aromatic N) is 3. The lowest BCUT2D eigenvalue weighted by Crippen LogP contribution is -2.48. The van der Waals surface area contributed by atoms with Crippen LogP contribution in [-0.2, 0) is 4.74 Å². The van der Waals surface area contributed by atoms with E-state index in [0.717, 1.165) is 32.1 Å². The summed E-state index contributed by atoms with van der Waals surface area (Å²) < 4.78 is 6.01. The Morgan fingerprint density at radius 1 is 0.938 bits per heavy atom. The lowest BCUT2D eigenvalue weighted by atomic mass is 9.71. The van der Waals surface area contributed by atoms with Crippen molar-refractivity contribution in [2.24, 2.45) is 11.3 Å². The number of rotatable bonds is 5. The molecule has 3 fully saturated rings. The standard InChI is InChI=1S/C28H47N3O/c1-21(2)18-29-13-15-30(16-14-29)27-8-7-25(31-19-22(3)32-23(4)20-31)17-26(27)24-9-11-28(5,6)12-10-24/h7-8,17,21-24H,9-16,18-20H2,1-6H3/t22-,23+. The first kappa shape index (κ1) is 23.9. The van der Waals surface area contributed by atoms with Crippen molar-refractivity contribution in [2.75, 3.05) is 55.6 Å². The second kappa shape index (κ2) is 9.93. The van der Waals surface area contributed by atoms with Gasteiger partial charge in [0.25, 0.3) is 0 Å². The number of hydrogen-bond acceptors (Lipinski definition) is 4. The maximum atomic E-state index is 6.01. The van der Waals surface area contributed by atoms with Crippen LogP contribution in [0.3, 0.4) is 0 Å². The van der Waals surface area contributed by atoms with E-state index in [4.69, 9.17) is 4.74 Å². The summed E-state index contributed by atoms with van der Waals surface area (Å²) in [7, 11) is 0. The molecule has 0 bridgehead atoms. The van der Waals surface area contributed by atoms with E-state index in [2.05, 4.69) is 74.4 Å². The predicted molar refractivity (Wildman–Crippen MR) is 137 cm³/mol. The lowest BCUT2D eigenvalue weighted by Gasteiger charge is -2.41. The fourth-order valence-electron chi connectivity index (χ4n) is 6.14. The molecule has 0 unspecified atom stereocenters. The fraction of sp³-hybridized carbons (Fsp3) is 0.786. The van der Waals surface area contributed by atoms with Crippen LogP contribution in [0, 0.1) is 11.3 Å². The molecule has 1 aromatic rings. The number of piperazine rings is 1. The third-order valence-electron chi connectivity index (χ3n) is 7.91. The number of ether oxygens (including phenoxy) is 1. The molecular formula is C28H47N3O. The molecule has 1 aromatic carbocycles. The van der Waals surface area contributed by atoms with E-state index >= 15 is 0 Å². The van der Waals surface area contributed by atoms with Crippen LogP contribution in [0.2, 0.25) is 0 Å². The molecule has 0 radical (unpaired) electrons. The highest BCUT2D eigenvalue weighted by molar-refractivity contribution is 5.64. The summed E-state index contributed by atoms with van der Waals surface area (Å²) in [6, 6.07) is 7.40. The van der Waals surface area contributed by atoms with Gasteiger partial charge in [0.05, 0.1) is 12.2 Å². The highest BCUT2D eigenvalue weighted by Crippen LogP contribution is 2.46. The van der Waals surface area contributed by atoms with Gasteiger partial charge in [0.1, 0.15) is 0 Å². The molecule has 4 rings (SSSR count). The predicted octanol–water partition coefficient (Wildman–Crippen LogP) is 5.76. The fourth-order valence-corrected chi connectivity index (χ4v) is 6.14. The largest absolute Gasteiger partial charge is 0.372 e. The molecule has 4 nitrogen and oxygen atoms in total. The van der Waals surface area contributed by atoms with Crippen molar-refractivity contribution in [3.8, 4) is 0 Å². The molecule has 2 saturated heterocycles. The highest BCUT2D eigenvalue weighted by Gasteiger charge is 2.31. The van der Waals surface area contributed by atoms with Gasteiger partial charge in [-0.05, 0) is 80.5 Å². The Kier molecular flexibility index (Phi) is 7.41. The molecule has 2 heterocycles. The van der Waals surface area contributed by atoms with E-state index in [1.807, 2.05) is 0 Å². The maximum Gasteiger partial charge on any atom is 0.0726 e. The van der Waals surface area contributed by atoms with Gasteiger partial charge in [-0.2, -0.15) is 0 Å². The van der Waals surface area contributed by atoms with Crippen molar-refractivity contribution in [1.82, 2.24) is 4.90 Å². The van der Waals surface area contributed by atoms with Gasteiger partial charge in [-0.15, -0.1) is 0 Å². The SMILES string of the molecule is CC(C)CN1CCN(c2ccc(N3C[C@@H](C)O[C@@H](C)C3)cc2C2CCC(C)(C)CC2)CC1. The maximum absolute atomic E-state index is 6.01. The van der Waals surface area contributed by atoms with Crippen molar-refractivity contribution < 1.29 is 4.74 Å². The summed E-state index contributed by atoms with van der Waals surface area (Å²) in [5.41, 5.74) is 5.03. The number of benzene rings is 1. The summed E-state index contributed by atoms with van der Waals surface area (Å²) in [4.78, 5) is 7.88. The highest BCUT2D eigenvalue weighted by atomic mass is 16.5. The topological polar surface area (TPSA) is 19.0 Å². The molecule has 4 heteroatoms. The molecule has 0 spiro atoms. The van der Waals surface area contributed by atoms with E-state index in [1.165, 1.54) is 56.7 Å². The molecule has 1 saturated carbocycles. The third kappa shape index (κ3) is 5.80. The average molecular weight is 442 g/mol. The smallest absolute Gasteiger partial charge is 0.0726 e. The minimum atomic E-state index is 0.298. The van der Waals surface area contributed by atoms with E-state index in [-0.39, 0.29) is 0 Å². The van der Waals surface area contributed by atoms with E-state index in [1.54, 1.807) is 5.56 Å². The van der Waals surface area contributed by atoms with Crippen molar-refractivity contribution >= 4 is 11.4 Å². The third-order valence-corrected chi connectivity index (χ3v) is 7.91. The van der Waals surface area contributed by atoms with Gasteiger partial charge < -0.3 is 14.5 Å². The molecule has 2 aliphatic heterocycles. The van der Waals surface area contributed by atoms with Gasteiger partial charge in [0.15, 0.2) is 0 Å². The van der Waals surface area contributed by atoms with E-state index in [0.29, 0.717) is 23.5 Å². The summed E-state index contributed by atoms with van der Waals surface area (Å²) in [6.45, 7) is 21.9. The van der Waals surface area contributed by atoms with Gasteiger partial charge >= 0.3 is 0 Å². The van der Waals surface area contributed by atoms with Crippen molar-refractivity contribution in [1.29, 1.82) is 0 Å². The van der Waals surface area contributed by atoms with Gasteiger partial charge in [0.2, 0.25) is 0 Å². The van der Waals surface area contributed by atoms with E-state index < -0.39 is 0 Å². The van der Waals surface area contributed by atoms with Crippen LogP contribution in [0.4, 0.5) is 11.4 Å². The van der Waals surface area contributed by atoms with Gasteiger partial charge in [-0.25, -0.2) is 0 Å².